The number of aliphatic hydroxyl groups is 1. The summed E-state index contributed by atoms with van der Waals surface area (Å²) in [5, 5.41) is 25.6. The first-order valence-electron chi connectivity index (χ1n) is 10.4. The topological polar surface area (TPSA) is 286 Å². The predicted octanol–water partition coefficient (Wildman–Crippen LogP) is -4.66. The van der Waals surface area contributed by atoms with E-state index in [1.165, 1.54) is 19.4 Å². The maximum atomic E-state index is 12.8. The minimum Gasteiger partial charge on any atom is -0.480 e. The Morgan fingerprint density at radius 3 is 2.03 bits per heavy atom. The van der Waals surface area contributed by atoms with E-state index in [0.717, 1.165) is 0 Å². The van der Waals surface area contributed by atoms with Crippen LogP contribution in [0.4, 0.5) is 0 Å². The zero-order valence-corrected chi connectivity index (χ0v) is 18.9. The molecular weight excluding hydrogens is 468 g/mol. The lowest BCUT2D eigenvalue weighted by molar-refractivity contribution is -0.142. The van der Waals surface area contributed by atoms with Crippen molar-refractivity contribution in [3.63, 3.8) is 0 Å². The van der Waals surface area contributed by atoms with Crippen LogP contribution in [0.3, 0.4) is 0 Å². The molecule has 16 heteroatoms. The predicted molar refractivity (Wildman–Crippen MR) is 118 cm³/mol. The highest BCUT2D eigenvalue weighted by Crippen LogP contribution is 2.04. The standard InChI is InChI=1S/C19H30N8O8/c1-8(28)15(22)18(33)25-10(2-3-13(20)29)16(31)26-11(5-14(21)30)17(32)27-12(19(34)35)4-9-6-23-7-24-9/h6-8,10-12,15,28H,2-5,22H2,1H3,(H2,20,29)(H2,21,30)(H,23,24)(H,25,33)(H,26,31)(H,27,32)(H,34,35). The molecule has 16 nitrogen and oxygen atoms in total. The van der Waals surface area contributed by atoms with Crippen LogP contribution < -0.4 is 33.2 Å². The molecule has 5 amide bonds. The van der Waals surface area contributed by atoms with E-state index in [2.05, 4.69) is 25.9 Å². The van der Waals surface area contributed by atoms with Gasteiger partial charge in [-0.25, -0.2) is 9.78 Å². The number of aromatic amines is 1. The molecule has 1 heterocycles. The molecule has 5 unspecified atom stereocenters. The van der Waals surface area contributed by atoms with Crippen LogP contribution in [0.5, 0.6) is 0 Å². The van der Waals surface area contributed by atoms with Gasteiger partial charge in [-0.15, -0.1) is 0 Å². The van der Waals surface area contributed by atoms with E-state index in [4.69, 9.17) is 17.2 Å². The van der Waals surface area contributed by atoms with E-state index < -0.39 is 72.2 Å². The van der Waals surface area contributed by atoms with E-state index in [-0.39, 0.29) is 19.3 Å². The molecular formula is C19H30N8O8. The summed E-state index contributed by atoms with van der Waals surface area (Å²) in [6.07, 6.45) is -0.0802. The van der Waals surface area contributed by atoms with Crippen LogP contribution in [0, 0.1) is 0 Å². The maximum absolute atomic E-state index is 12.8. The van der Waals surface area contributed by atoms with Crippen molar-refractivity contribution in [3.05, 3.63) is 18.2 Å². The summed E-state index contributed by atoms with van der Waals surface area (Å²) < 4.78 is 0. The average molecular weight is 498 g/mol. The maximum Gasteiger partial charge on any atom is 0.326 e. The number of carboxylic acids is 1. The summed E-state index contributed by atoms with van der Waals surface area (Å²) in [6, 6.07) is -5.88. The van der Waals surface area contributed by atoms with E-state index in [0.29, 0.717) is 5.69 Å². The highest BCUT2D eigenvalue weighted by Gasteiger charge is 2.32. The summed E-state index contributed by atoms with van der Waals surface area (Å²) in [6.45, 7) is 1.25. The van der Waals surface area contributed by atoms with Gasteiger partial charge in [0.2, 0.25) is 29.5 Å². The van der Waals surface area contributed by atoms with Crippen LogP contribution in [0.1, 0.15) is 31.9 Å². The number of hydrogen-bond donors (Lipinski definition) is 9. The number of amides is 5. The number of aliphatic carboxylic acids is 1. The molecule has 1 aromatic rings. The Hall–Kier alpha value is -4.05. The first-order chi connectivity index (χ1) is 16.3. The SMILES string of the molecule is CC(O)C(N)C(=O)NC(CCC(N)=O)C(=O)NC(CC(N)=O)C(=O)NC(Cc1cnc[nH]1)C(=O)O. The zero-order valence-electron chi connectivity index (χ0n) is 18.9. The number of aromatic nitrogens is 2. The number of nitrogens with zero attached hydrogens (tertiary/aromatic N) is 1. The van der Waals surface area contributed by atoms with Crippen molar-refractivity contribution >= 4 is 35.5 Å². The molecule has 12 N–H and O–H groups in total. The molecule has 1 aromatic heterocycles. The largest absolute Gasteiger partial charge is 0.480 e. The van der Waals surface area contributed by atoms with Crippen LogP contribution in [0.2, 0.25) is 0 Å². The third-order valence-electron chi connectivity index (χ3n) is 4.77. The molecule has 194 valence electrons. The molecule has 1 rings (SSSR count). The van der Waals surface area contributed by atoms with Crippen LogP contribution in [-0.4, -0.2) is 86.0 Å². The molecule has 0 aliphatic carbocycles. The lowest BCUT2D eigenvalue weighted by atomic mass is 10.1. The number of carbonyl (C=O) groups excluding carboxylic acids is 5. The van der Waals surface area contributed by atoms with Crippen molar-refractivity contribution in [2.45, 2.75) is 62.9 Å². The highest BCUT2D eigenvalue weighted by molar-refractivity contribution is 5.96. The van der Waals surface area contributed by atoms with Gasteiger partial charge in [-0.05, 0) is 13.3 Å². The van der Waals surface area contributed by atoms with Crippen molar-refractivity contribution in [2.24, 2.45) is 17.2 Å². The van der Waals surface area contributed by atoms with Gasteiger partial charge in [-0.2, -0.15) is 0 Å². The quantitative estimate of drug-likeness (QED) is 0.111. The summed E-state index contributed by atoms with van der Waals surface area (Å²) >= 11 is 0. The third kappa shape index (κ3) is 10.2. The second kappa shape index (κ2) is 13.6. The Bertz CT molecular complexity index is 920. The molecule has 0 aliphatic rings. The molecule has 0 bridgehead atoms. The third-order valence-corrected chi connectivity index (χ3v) is 4.77. The minimum absolute atomic E-state index is 0.174. The van der Waals surface area contributed by atoms with Crippen molar-refractivity contribution in [2.75, 3.05) is 0 Å². The molecule has 0 radical (unpaired) electrons. The van der Waals surface area contributed by atoms with Crippen molar-refractivity contribution in [1.82, 2.24) is 25.9 Å². The molecule has 35 heavy (non-hydrogen) atoms. The smallest absolute Gasteiger partial charge is 0.326 e. The monoisotopic (exact) mass is 498 g/mol. The number of carbonyl (C=O) groups is 6. The summed E-state index contributed by atoms with van der Waals surface area (Å²) in [5.74, 6) is -6.13. The number of primary amides is 2. The van der Waals surface area contributed by atoms with Crippen LogP contribution in [0.25, 0.3) is 0 Å². The van der Waals surface area contributed by atoms with Gasteiger partial charge in [0.25, 0.3) is 0 Å². The first-order valence-corrected chi connectivity index (χ1v) is 10.4. The van der Waals surface area contributed by atoms with E-state index in [9.17, 15) is 39.0 Å². The van der Waals surface area contributed by atoms with Gasteiger partial charge in [0.05, 0.1) is 18.9 Å². The Balaban J connectivity index is 3.02. The van der Waals surface area contributed by atoms with E-state index in [1.807, 2.05) is 0 Å². The van der Waals surface area contributed by atoms with Gasteiger partial charge in [0.1, 0.15) is 24.2 Å². The molecule has 0 aliphatic heterocycles. The number of hydrogen-bond acceptors (Lipinski definition) is 9. The second-order valence-corrected chi connectivity index (χ2v) is 7.74. The summed E-state index contributed by atoms with van der Waals surface area (Å²) in [4.78, 5) is 78.4. The summed E-state index contributed by atoms with van der Waals surface area (Å²) in [7, 11) is 0. The number of nitrogens with one attached hydrogen (secondary N) is 4. The van der Waals surface area contributed by atoms with Crippen molar-refractivity contribution in [1.29, 1.82) is 0 Å². The Labute approximate surface area is 199 Å². The Morgan fingerprint density at radius 1 is 0.971 bits per heavy atom. The highest BCUT2D eigenvalue weighted by atomic mass is 16.4. The lowest BCUT2D eigenvalue weighted by Crippen LogP contribution is -2.58. The number of carboxylic acid groups (broad SMARTS) is 1. The van der Waals surface area contributed by atoms with Crippen molar-refractivity contribution in [3.8, 4) is 0 Å². The molecule has 5 atom stereocenters. The lowest BCUT2D eigenvalue weighted by Gasteiger charge is -2.25. The average Bonchev–Trinajstić information content (AvgIpc) is 3.27. The number of H-pyrrole nitrogens is 1. The van der Waals surface area contributed by atoms with Crippen LogP contribution in [-0.2, 0) is 35.2 Å². The number of rotatable bonds is 15. The zero-order chi connectivity index (χ0) is 26.7. The molecule has 0 spiro atoms. The van der Waals surface area contributed by atoms with Crippen LogP contribution in [0.15, 0.2) is 12.5 Å². The molecule has 0 fully saturated rings. The van der Waals surface area contributed by atoms with Gasteiger partial charge in [0.15, 0.2) is 0 Å². The van der Waals surface area contributed by atoms with Crippen LogP contribution >= 0.6 is 0 Å². The van der Waals surface area contributed by atoms with E-state index >= 15 is 0 Å². The van der Waals surface area contributed by atoms with Crippen molar-refractivity contribution < 1.29 is 39.0 Å². The fourth-order valence-corrected chi connectivity index (χ4v) is 2.81. The fourth-order valence-electron chi connectivity index (χ4n) is 2.81. The molecule has 0 saturated carbocycles. The Morgan fingerprint density at radius 2 is 1.54 bits per heavy atom. The number of nitrogens with two attached hydrogens (primary N) is 3. The molecule has 0 saturated heterocycles. The van der Waals surface area contributed by atoms with Gasteiger partial charge in [0, 0.05) is 24.7 Å². The van der Waals surface area contributed by atoms with Gasteiger partial charge >= 0.3 is 5.97 Å². The van der Waals surface area contributed by atoms with Gasteiger partial charge in [-0.1, -0.05) is 0 Å². The van der Waals surface area contributed by atoms with Gasteiger partial charge in [-0.3, -0.25) is 24.0 Å². The fraction of sp³-hybridized carbons (Fsp3) is 0.526. The minimum atomic E-state index is -1.61. The van der Waals surface area contributed by atoms with E-state index in [1.54, 1.807) is 0 Å². The summed E-state index contributed by atoms with van der Waals surface area (Å²) in [5.41, 5.74) is 16.2. The first kappa shape index (κ1) is 29.0. The van der Waals surface area contributed by atoms with Gasteiger partial charge < -0.3 is 48.3 Å². The Kier molecular flexibility index (Phi) is 11.3. The second-order valence-electron chi connectivity index (χ2n) is 7.74. The normalized spacial score (nSPS) is 15.1. The molecule has 0 aromatic carbocycles. The number of aliphatic hydroxyl groups excluding tert-OH is 1. The number of imidazole rings is 1.